The molecule has 3 unspecified atom stereocenters. The summed E-state index contributed by atoms with van der Waals surface area (Å²) in [4.78, 5) is 36.3. The van der Waals surface area contributed by atoms with Gasteiger partial charge < -0.3 is 15.0 Å². The van der Waals surface area contributed by atoms with Crippen molar-refractivity contribution in [3.8, 4) is 11.5 Å². The molecule has 0 aromatic heterocycles. The van der Waals surface area contributed by atoms with Gasteiger partial charge in [-0.3, -0.25) is 19.7 Å². The maximum Gasteiger partial charge on any atom is 0.230 e. The molecule has 2 aliphatic rings. The zero-order valence-electron chi connectivity index (χ0n) is 15.0. The number of para-hydroxylation sites is 1. The summed E-state index contributed by atoms with van der Waals surface area (Å²) >= 11 is 0. The maximum atomic E-state index is 12.3. The molecular formula is C20H19N3O5. The molecule has 8 nitrogen and oxygen atoms in total. The van der Waals surface area contributed by atoms with Gasteiger partial charge in [0, 0.05) is 30.0 Å². The van der Waals surface area contributed by atoms with Crippen LogP contribution in [0.2, 0.25) is 0 Å². The van der Waals surface area contributed by atoms with E-state index >= 15 is 0 Å². The second kappa shape index (κ2) is 7.30. The number of rotatable bonds is 6. The third-order valence-corrected chi connectivity index (χ3v) is 4.96. The minimum atomic E-state index is -0.787. The van der Waals surface area contributed by atoms with Gasteiger partial charge in [0.25, 0.3) is 0 Å². The Bertz CT molecular complexity index is 900. The number of amides is 2. The van der Waals surface area contributed by atoms with E-state index in [2.05, 4.69) is 5.32 Å². The molecule has 144 valence electrons. The van der Waals surface area contributed by atoms with Crippen LogP contribution in [0.1, 0.15) is 12.8 Å². The second-order valence-electron chi connectivity index (χ2n) is 7.02. The van der Waals surface area contributed by atoms with Gasteiger partial charge >= 0.3 is 0 Å². The fourth-order valence-electron chi connectivity index (χ4n) is 3.38. The van der Waals surface area contributed by atoms with Crippen LogP contribution in [0.25, 0.3) is 0 Å². The third-order valence-electron chi connectivity index (χ3n) is 4.96. The highest BCUT2D eigenvalue weighted by atomic mass is 16.6. The highest BCUT2D eigenvalue weighted by Crippen LogP contribution is 2.33. The lowest BCUT2D eigenvalue weighted by Gasteiger charge is -2.17. The second-order valence-corrected chi connectivity index (χ2v) is 7.02. The molecule has 0 spiro atoms. The van der Waals surface area contributed by atoms with Gasteiger partial charge in [-0.05, 0) is 36.4 Å². The smallest absolute Gasteiger partial charge is 0.230 e. The number of anilines is 1. The number of nitro groups is 1. The molecule has 1 aliphatic heterocycles. The van der Waals surface area contributed by atoms with Crippen LogP contribution in [0.15, 0.2) is 54.6 Å². The largest absolute Gasteiger partial charge is 0.457 e. The highest BCUT2D eigenvalue weighted by molar-refractivity contribution is 5.97. The summed E-state index contributed by atoms with van der Waals surface area (Å²) in [6.07, 6.45) is 0.454. The Hall–Kier alpha value is -3.42. The van der Waals surface area contributed by atoms with E-state index in [1.165, 1.54) is 0 Å². The van der Waals surface area contributed by atoms with E-state index in [-0.39, 0.29) is 30.7 Å². The number of nitrogens with zero attached hydrogens (tertiary/aromatic N) is 2. The van der Waals surface area contributed by atoms with Gasteiger partial charge in [-0.1, -0.05) is 18.2 Å². The first-order chi connectivity index (χ1) is 13.5. The summed E-state index contributed by atoms with van der Waals surface area (Å²) < 4.78 is 5.74. The normalized spacial score (nSPS) is 23.4. The summed E-state index contributed by atoms with van der Waals surface area (Å²) in [6.45, 7) is 0.347. The van der Waals surface area contributed by atoms with E-state index in [1.54, 1.807) is 29.2 Å². The summed E-state index contributed by atoms with van der Waals surface area (Å²) in [5.74, 6) is 0.375. The SMILES string of the molecule is O=C(NC1CC(=O)N(c2ccc(Oc3ccccc3)cc2)C1)C1CC1[N+](=O)[O-]. The van der Waals surface area contributed by atoms with Crippen molar-refractivity contribution in [1.29, 1.82) is 0 Å². The van der Waals surface area contributed by atoms with Crippen LogP contribution in [0, 0.1) is 16.0 Å². The quantitative estimate of drug-likeness (QED) is 0.611. The number of hydrogen-bond acceptors (Lipinski definition) is 5. The van der Waals surface area contributed by atoms with Crippen LogP contribution >= 0.6 is 0 Å². The molecule has 1 aliphatic carbocycles. The van der Waals surface area contributed by atoms with E-state index in [4.69, 9.17) is 4.74 Å². The Morgan fingerprint density at radius 2 is 1.79 bits per heavy atom. The van der Waals surface area contributed by atoms with Crippen LogP contribution in [0.5, 0.6) is 11.5 Å². The fourth-order valence-corrected chi connectivity index (χ4v) is 3.38. The molecule has 0 bridgehead atoms. The Morgan fingerprint density at radius 3 is 2.43 bits per heavy atom. The summed E-state index contributed by atoms with van der Waals surface area (Å²) in [5, 5.41) is 13.5. The van der Waals surface area contributed by atoms with Crippen LogP contribution in [0.4, 0.5) is 5.69 Å². The van der Waals surface area contributed by atoms with Crippen molar-refractivity contribution in [3.63, 3.8) is 0 Å². The van der Waals surface area contributed by atoms with E-state index in [9.17, 15) is 19.7 Å². The van der Waals surface area contributed by atoms with Crippen molar-refractivity contribution in [3.05, 3.63) is 64.7 Å². The first kappa shape index (κ1) is 18.0. The molecule has 1 saturated carbocycles. The van der Waals surface area contributed by atoms with Crippen molar-refractivity contribution in [2.45, 2.75) is 24.9 Å². The van der Waals surface area contributed by atoms with Gasteiger partial charge in [-0.25, -0.2) is 0 Å². The van der Waals surface area contributed by atoms with Crippen LogP contribution in [-0.2, 0) is 9.59 Å². The Kier molecular flexibility index (Phi) is 4.68. The molecule has 1 saturated heterocycles. The average molecular weight is 381 g/mol. The summed E-state index contributed by atoms with van der Waals surface area (Å²) in [6, 6.07) is 15.4. The lowest BCUT2D eigenvalue weighted by atomic mass is 10.2. The summed E-state index contributed by atoms with van der Waals surface area (Å²) in [7, 11) is 0. The molecule has 0 radical (unpaired) electrons. The molecule has 3 atom stereocenters. The van der Waals surface area contributed by atoms with Gasteiger partial charge in [0.2, 0.25) is 17.9 Å². The molecule has 8 heteroatoms. The minimum Gasteiger partial charge on any atom is -0.457 e. The minimum absolute atomic E-state index is 0.0938. The number of carbonyl (C=O) groups excluding carboxylic acids is 2. The molecular weight excluding hydrogens is 362 g/mol. The van der Waals surface area contributed by atoms with Crippen molar-refractivity contribution in [2.24, 2.45) is 5.92 Å². The third kappa shape index (κ3) is 3.80. The van der Waals surface area contributed by atoms with E-state index < -0.39 is 16.9 Å². The topological polar surface area (TPSA) is 102 Å². The van der Waals surface area contributed by atoms with Gasteiger partial charge in [0.05, 0.1) is 6.04 Å². The van der Waals surface area contributed by atoms with E-state index in [0.29, 0.717) is 12.3 Å². The van der Waals surface area contributed by atoms with Crippen molar-refractivity contribution < 1.29 is 19.2 Å². The number of benzene rings is 2. The molecule has 4 rings (SSSR count). The fraction of sp³-hybridized carbons (Fsp3) is 0.300. The molecule has 2 fully saturated rings. The predicted molar refractivity (Wildman–Crippen MR) is 101 cm³/mol. The molecule has 2 aromatic rings. The van der Waals surface area contributed by atoms with Crippen molar-refractivity contribution in [2.75, 3.05) is 11.4 Å². The van der Waals surface area contributed by atoms with Gasteiger partial charge in [0.1, 0.15) is 17.4 Å². The molecule has 2 aromatic carbocycles. The van der Waals surface area contributed by atoms with E-state index in [0.717, 1.165) is 11.4 Å². The van der Waals surface area contributed by atoms with Gasteiger partial charge in [0.15, 0.2) is 0 Å². The maximum absolute atomic E-state index is 12.3. The standard InChI is InChI=1S/C20H19N3O5/c24-19-10-13(21-20(25)17-11-18(17)23(26)27)12-22(19)14-6-8-16(9-7-14)28-15-4-2-1-3-5-15/h1-9,13,17-18H,10-12H2,(H,21,25). The highest BCUT2D eigenvalue weighted by Gasteiger charge is 2.53. The van der Waals surface area contributed by atoms with Crippen molar-refractivity contribution >= 4 is 17.5 Å². The Balaban J connectivity index is 1.35. The number of ether oxygens (including phenoxy) is 1. The van der Waals surface area contributed by atoms with Gasteiger partial charge in [-0.2, -0.15) is 0 Å². The monoisotopic (exact) mass is 381 g/mol. The molecule has 28 heavy (non-hydrogen) atoms. The zero-order valence-corrected chi connectivity index (χ0v) is 15.0. The molecule has 1 N–H and O–H groups in total. The average Bonchev–Trinajstić information content (AvgIpc) is 3.42. The van der Waals surface area contributed by atoms with Crippen molar-refractivity contribution in [1.82, 2.24) is 5.32 Å². The number of nitrogens with one attached hydrogen (secondary N) is 1. The molecule has 1 heterocycles. The summed E-state index contributed by atoms with van der Waals surface area (Å²) in [5.41, 5.74) is 0.719. The van der Waals surface area contributed by atoms with Crippen LogP contribution in [-0.4, -0.2) is 35.4 Å². The first-order valence-electron chi connectivity index (χ1n) is 9.08. The lowest BCUT2D eigenvalue weighted by molar-refractivity contribution is -0.497. The van der Waals surface area contributed by atoms with E-state index in [1.807, 2.05) is 30.3 Å². The molecule has 2 amide bonds. The van der Waals surface area contributed by atoms with Gasteiger partial charge in [-0.15, -0.1) is 0 Å². The van der Waals surface area contributed by atoms with Crippen LogP contribution in [0.3, 0.4) is 0 Å². The Labute approximate surface area is 161 Å². The van der Waals surface area contributed by atoms with Crippen LogP contribution < -0.4 is 15.0 Å². The lowest BCUT2D eigenvalue weighted by Crippen LogP contribution is -2.38. The predicted octanol–water partition coefficient (Wildman–Crippen LogP) is 2.37. The Morgan fingerprint density at radius 1 is 1.11 bits per heavy atom. The first-order valence-corrected chi connectivity index (χ1v) is 9.08. The number of hydrogen-bond donors (Lipinski definition) is 1. The zero-order chi connectivity index (χ0) is 19.7. The number of carbonyl (C=O) groups is 2.